The van der Waals surface area contributed by atoms with Crippen molar-refractivity contribution in [2.45, 2.75) is 64.9 Å². The number of hydrogen-bond acceptors (Lipinski definition) is 9. The Morgan fingerprint density at radius 3 is 1.49 bits per heavy atom. The molecule has 1 N–H and O–H groups in total. The van der Waals surface area contributed by atoms with Crippen molar-refractivity contribution in [1.82, 2.24) is 0 Å². The number of unbranched alkanes of at least 4 members (excludes halogenated alkanes) is 6. The van der Waals surface area contributed by atoms with Gasteiger partial charge in [-0.1, -0.05) is 75.8 Å². The number of hydrogen-bond donors (Lipinski definition) is 1. The minimum absolute atomic E-state index is 0.345. The highest BCUT2D eigenvalue weighted by molar-refractivity contribution is 5.39. The molecule has 0 aliphatic carbocycles. The molecule has 2 rings (SSSR count). The molecule has 0 unspecified atom stereocenters. The largest absolute Gasteiger partial charge is 0.508 e. The first-order chi connectivity index (χ1) is 22.3. The number of rotatable bonds is 32. The third-order valence-corrected chi connectivity index (χ3v) is 6.94. The summed E-state index contributed by atoms with van der Waals surface area (Å²) in [6.07, 6.45) is 9.66. The molecule has 2 aromatic carbocycles. The van der Waals surface area contributed by atoms with Crippen molar-refractivity contribution in [2.75, 3.05) is 92.5 Å². The monoisotopic (exact) mass is 634 g/mol. The first-order valence-electron chi connectivity index (χ1n) is 16.8. The minimum Gasteiger partial charge on any atom is -0.508 e. The van der Waals surface area contributed by atoms with E-state index in [2.05, 4.69) is 6.92 Å². The van der Waals surface area contributed by atoms with E-state index in [-0.39, 0.29) is 0 Å². The molecular weight excluding hydrogens is 576 g/mol. The molecule has 0 bridgehead atoms. The standard InChI is InChI=1S/C36H58O9/c1-2-3-4-5-6-7-11-14-34-31-35(15-16-36(34)37)45-30-29-43-26-25-41-22-21-39-18-17-38-19-20-40-23-24-42-27-28-44-32-33-12-9-8-10-13-33/h8-10,12-13,15-16,31,37H,2-7,11,14,17-30,32H2,1H3. The summed E-state index contributed by atoms with van der Waals surface area (Å²) in [4.78, 5) is 0. The second-order valence-electron chi connectivity index (χ2n) is 10.7. The van der Waals surface area contributed by atoms with Crippen molar-refractivity contribution in [2.24, 2.45) is 0 Å². The third-order valence-electron chi connectivity index (χ3n) is 6.94. The molecule has 0 saturated heterocycles. The molecule has 0 saturated carbocycles. The molecule has 0 atom stereocenters. The summed E-state index contributed by atoms with van der Waals surface area (Å²) in [5, 5.41) is 10.2. The quantitative estimate of drug-likeness (QED) is 0.0921. The summed E-state index contributed by atoms with van der Waals surface area (Å²) in [6.45, 7) is 10.1. The lowest BCUT2D eigenvalue weighted by Crippen LogP contribution is -2.15. The van der Waals surface area contributed by atoms with Crippen LogP contribution in [0.25, 0.3) is 0 Å². The van der Waals surface area contributed by atoms with Gasteiger partial charge in [-0.15, -0.1) is 0 Å². The predicted octanol–water partition coefficient (Wildman–Crippen LogP) is 6.38. The van der Waals surface area contributed by atoms with E-state index in [4.69, 9.17) is 37.9 Å². The van der Waals surface area contributed by atoms with E-state index in [1.807, 2.05) is 36.4 Å². The van der Waals surface area contributed by atoms with Crippen molar-refractivity contribution < 1.29 is 43.0 Å². The zero-order chi connectivity index (χ0) is 31.9. The van der Waals surface area contributed by atoms with Gasteiger partial charge in [-0.3, -0.25) is 0 Å². The van der Waals surface area contributed by atoms with Crippen LogP contribution in [0.2, 0.25) is 0 Å². The lowest BCUT2D eigenvalue weighted by molar-refractivity contribution is -0.0218. The fraction of sp³-hybridized carbons (Fsp3) is 0.667. The number of aromatic hydroxyl groups is 1. The Kier molecular flexibility index (Phi) is 25.3. The second-order valence-corrected chi connectivity index (χ2v) is 10.7. The summed E-state index contributed by atoms with van der Waals surface area (Å²) < 4.78 is 44.5. The Labute approximate surface area is 271 Å². The van der Waals surface area contributed by atoms with E-state index < -0.39 is 0 Å². The highest BCUT2D eigenvalue weighted by atomic mass is 16.6. The van der Waals surface area contributed by atoms with Gasteiger partial charge in [0.05, 0.1) is 92.5 Å². The smallest absolute Gasteiger partial charge is 0.119 e. The fourth-order valence-electron chi connectivity index (χ4n) is 4.43. The Bertz CT molecular complexity index is 913. The molecule has 0 heterocycles. The Morgan fingerprint density at radius 1 is 0.489 bits per heavy atom. The lowest BCUT2D eigenvalue weighted by atomic mass is 10.0. The molecule has 9 heteroatoms. The van der Waals surface area contributed by atoms with E-state index in [0.29, 0.717) is 105 Å². The van der Waals surface area contributed by atoms with Crippen LogP contribution in [0.3, 0.4) is 0 Å². The highest BCUT2D eigenvalue weighted by Crippen LogP contribution is 2.25. The van der Waals surface area contributed by atoms with Crippen molar-refractivity contribution in [3.63, 3.8) is 0 Å². The van der Waals surface area contributed by atoms with Crippen LogP contribution in [0.5, 0.6) is 11.5 Å². The number of ether oxygens (including phenoxy) is 8. The molecule has 0 amide bonds. The van der Waals surface area contributed by atoms with Crippen LogP contribution in [0.1, 0.15) is 63.0 Å². The average molecular weight is 635 g/mol. The molecule has 0 aliphatic heterocycles. The third kappa shape index (κ3) is 22.8. The topological polar surface area (TPSA) is 94.1 Å². The van der Waals surface area contributed by atoms with E-state index in [9.17, 15) is 5.11 Å². The van der Waals surface area contributed by atoms with Crippen LogP contribution < -0.4 is 4.74 Å². The maximum Gasteiger partial charge on any atom is 0.119 e. The van der Waals surface area contributed by atoms with Crippen molar-refractivity contribution in [3.8, 4) is 11.5 Å². The molecule has 9 nitrogen and oxygen atoms in total. The van der Waals surface area contributed by atoms with Gasteiger partial charge in [-0.2, -0.15) is 0 Å². The van der Waals surface area contributed by atoms with Crippen LogP contribution in [0.4, 0.5) is 0 Å². The molecule has 45 heavy (non-hydrogen) atoms. The maximum atomic E-state index is 10.2. The number of benzene rings is 2. The van der Waals surface area contributed by atoms with Gasteiger partial charge in [0.15, 0.2) is 0 Å². The van der Waals surface area contributed by atoms with Gasteiger partial charge in [0.1, 0.15) is 18.1 Å². The van der Waals surface area contributed by atoms with Gasteiger partial charge in [0.2, 0.25) is 0 Å². The van der Waals surface area contributed by atoms with Gasteiger partial charge < -0.3 is 43.0 Å². The summed E-state index contributed by atoms with van der Waals surface area (Å²) in [6, 6.07) is 15.5. The number of aryl methyl sites for hydroxylation is 1. The van der Waals surface area contributed by atoms with Crippen LogP contribution in [0, 0.1) is 0 Å². The molecule has 0 aliphatic rings. The molecule has 0 fully saturated rings. The lowest BCUT2D eigenvalue weighted by Gasteiger charge is -2.11. The Hall–Kier alpha value is -2.24. The molecule has 2 aromatic rings. The number of phenolic OH excluding ortho intramolecular Hbond substituents is 1. The molecule has 0 aromatic heterocycles. The first kappa shape index (κ1) is 38.9. The van der Waals surface area contributed by atoms with Crippen LogP contribution in [0.15, 0.2) is 48.5 Å². The van der Waals surface area contributed by atoms with E-state index in [1.54, 1.807) is 12.1 Å². The van der Waals surface area contributed by atoms with Gasteiger partial charge in [0.25, 0.3) is 0 Å². The van der Waals surface area contributed by atoms with Crippen LogP contribution in [-0.4, -0.2) is 97.6 Å². The molecule has 256 valence electrons. The van der Waals surface area contributed by atoms with Gasteiger partial charge >= 0.3 is 0 Å². The average Bonchev–Trinajstić information content (AvgIpc) is 3.06. The molecular formula is C36H58O9. The normalized spacial score (nSPS) is 11.3. The van der Waals surface area contributed by atoms with Crippen LogP contribution >= 0.6 is 0 Å². The zero-order valence-electron chi connectivity index (χ0n) is 27.6. The second kappa shape index (κ2) is 29.2. The fourth-order valence-corrected chi connectivity index (χ4v) is 4.43. The Morgan fingerprint density at radius 2 is 0.956 bits per heavy atom. The van der Waals surface area contributed by atoms with Crippen molar-refractivity contribution >= 4 is 0 Å². The van der Waals surface area contributed by atoms with Gasteiger partial charge in [0, 0.05) is 0 Å². The minimum atomic E-state index is 0.345. The van der Waals surface area contributed by atoms with Gasteiger partial charge in [-0.25, -0.2) is 0 Å². The number of phenols is 1. The first-order valence-corrected chi connectivity index (χ1v) is 16.8. The maximum absolute atomic E-state index is 10.2. The molecule has 0 spiro atoms. The predicted molar refractivity (Wildman–Crippen MR) is 176 cm³/mol. The van der Waals surface area contributed by atoms with E-state index >= 15 is 0 Å². The van der Waals surface area contributed by atoms with Crippen molar-refractivity contribution in [1.29, 1.82) is 0 Å². The van der Waals surface area contributed by atoms with E-state index in [0.717, 1.165) is 29.7 Å². The van der Waals surface area contributed by atoms with E-state index in [1.165, 1.54) is 38.5 Å². The SMILES string of the molecule is CCCCCCCCCc1cc(OCCOCCOCCOCCOCCOCCOCCOCc2ccccc2)ccc1O. The Balaban J connectivity index is 1.27. The van der Waals surface area contributed by atoms with Crippen molar-refractivity contribution in [3.05, 3.63) is 59.7 Å². The summed E-state index contributed by atoms with van der Waals surface area (Å²) >= 11 is 0. The summed E-state index contributed by atoms with van der Waals surface area (Å²) in [5.74, 6) is 1.11. The summed E-state index contributed by atoms with van der Waals surface area (Å²) in [5.41, 5.74) is 2.11. The molecule has 0 radical (unpaired) electrons. The van der Waals surface area contributed by atoms with Crippen LogP contribution in [-0.2, 0) is 46.2 Å². The zero-order valence-corrected chi connectivity index (χ0v) is 27.6. The summed E-state index contributed by atoms with van der Waals surface area (Å²) in [7, 11) is 0. The highest BCUT2D eigenvalue weighted by Gasteiger charge is 2.04. The van der Waals surface area contributed by atoms with Gasteiger partial charge in [-0.05, 0) is 42.2 Å².